The summed E-state index contributed by atoms with van der Waals surface area (Å²) in [4.78, 5) is 0. The fraction of sp³-hybridized carbons (Fsp3) is 0.400. The molecule has 5 heteroatoms. The maximum atomic E-state index is 12.7. The second-order valence-corrected chi connectivity index (χ2v) is 5.69. The van der Waals surface area contributed by atoms with Crippen molar-refractivity contribution in [3.8, 4) is 17.0 Å². The van der Waals surface area contributed by atoms with Gasteiger partial charge in [-0.3, -0.25) is 4.68 Å². The van der Waals surface area contributed by atoms with Crippen molar-refractivity contribution in [3.05, 3.63) is 36.0 Å². The molecule has 1 aromatic heterocycles. The number of para-hydroxylation sites is 1. The molecule has 2 rings (SSSR count). The smallest absolute Gasteiger partial charge is 0.387 e. The zero-order chi connectivity index (χ0) is 14.9. The monoisotopic (exact) mass is 280 g/mol. The Balaban J connectivity index is 2.62. The summed E-state index contributed by atoms with van der Waals surface area (Å²) < 4.78 is 31.9. The molecule has 0 aliphatic carbocycles. The average Bonchev–Trinajstić information content (AvgIpc) is 2.73. The van der Waals surface area contributed by atoms with Crippen LogP contribution in [0.1, 0.15) is 26.3 Å². The topological polar surface area (TPSA) is 27.1 Å². The van der Waals surface area contributed by atoms with E-state index < -0.39 is 6.61 Å². The van der Waals surface area contributed by atoms with E-state index in [4.69, 9.17) is 4.74 Å². The van der Waals surface area contributed by atoms with Crippen LogP contribution in [0.25, 0.3) is 11.3 Å². The lowest BCUT2D eigenvalue weighted by molar-refractivity contribution is -0.0504. The van der Waals surface area contributed by atoms with Crippen LogP contribution in [-0.2, 0) is 12.5 Å². The highest BCUT2D eigenvalue weighted by atomic mass is 19.3. The Hall–Kier alpha value is -1.91. The predicted molar refractivity (Wildman–Crippen MR) is 74.0 cm³/mol. The molecule has 0 bridgehead atoms. The first-order valence-corrected chi connectivity index (χ1v) is 6.37. The SMILES string of the molecule is Cn1ccc(-c2cccc(C(C)(C)C)c2OC(F)F)n1. The Morgan fingerprint density at radius 3 is 2.40 bits per heavy atom. The third kappa shape index (κ3) is 2.98. The minimum absolute atomic E-state index is 0.203. The van der Waals surface area contributed by atoms with Crippen LogP contribution in [0.3, 0.4) is 0 Å². The van der Waals surface area contributed by atoms with E-state index in [9.17, 15) is 8.78 Å². The maximum Gasteiger partial charge on any atom is 0.387 e. The van der Waals surface area contributed by atoms with Gasteiger partial charge < -0.3 is 4.74 Å². The van der Waals surface area contributed by atoms with E-state index in [2.05, 4.69) is 5.10 Å². The highest BCUT2D eigenvalue weighted by Gasteiger charge is 2.24. The molecule has 0 aliphatic heterocycles. The third-order valence-electron chi connectivity index (χ3n) is 3.02. The highest BCUT2D eigenvalue weighted by Crippen LogP contribution is 2.39. The lowest BCUT2D eigenvalue weighted by Crippen LogP contribution is -2.16. The first-order valence-electron chi connectivity index (χ1n) is 6.37. The summed E-state index contributed by atoms with van der Waals surface area (Å²) in [5.41, 5.74) is 1.64. The van der Waals surface area contributed by atoms with Crippen LogP contribution in [0.5, 0.6) is 5.75 Å². The van der Waals surface area contributed by atoms with Gasteiger partial charge in [0.25, 0.3) is 0 Å². The van der Waals surface area contributed by atoms with E-state index in [1.807, 2.05) is 32.9 Å². The molecule has 108 valence electrons. The zero-order valence-corrected chi connectivity index (χ0v) is 12.0. The van der Waals surface area contributed by atoms with Gasteiger partial charge in [-0.15, -0.1) is 0 Å². The summed E-state index contributed by atoms with van der Waals surface area (Å²) in [6, 6.07) is 7.17. The quantitative estimate of drug-likeness (QED) is 0.850. The fourth-order valence-electron chi connectivity index (χ4n) is 2.10. The molecule has 0 saturated carbocycles. The zero-order valence-electron chi connectivity index (χ0n) is 12.0. The molecular weight excluding hydrogens is 262 g/mol. The normalized spacial score (nSPS) is 11.9. The first-order chi connectivity index (χ1) is 9.29. The molecule has 0 unspecified atom stereocenters. The van der Waals surface area contributed by atoms with Crippen LogP contribution in [0.2, 0.25) is 0 Å². The summed E-state index contributed by atoms with van der Waals surface area (Å²) in [6.07, 6.45) is 1.77. The molecule has 1 heterocycles. The molecule has 1 aromatic carbocycles. The van der Waals surface area contributed by atoms with Crippen LogP contribution in [0.15, 0.2) is 30.5 Å². The molecule has 20 heavy (non-hydrogen) atoms. The molecule has 0 atom stereocenters. The molecule has 0 aliphatic rings. The number of aromatic nitrogens is 2. The summed E-state index contributed by atoms with van der Waals surface area (Å²) in [5, 5.41) is 4.26. The van der Waals surface area contributed by atoms with Gasteiger partial charge in [0.15, 0.2) is 0 Å². The van der Waals surface area contributed by atoms with Crippen LogP contribution >= 0.6 is 0 Å². The van der Waals surface area contributed by atoms with Crippen LogP contribution < -0.4 is 4.74 Å². The molecular formula is C15H18F2N2O. The Labute approximate surface area is 117 Å². The number of ether oxygens (including phenoxy) is 1. The minimum Gasteiger partial charge on any atom is -0.434 e. The van der Waals surface area contributed by atoms with Crippen LogP contribution in [0.4, 0.5) is 8.78 Å². The van der Waals surface area contributed by atoms with E-state index in [1.54, 1.807) is 30.1 Å². The molecule has 0 spiro atoms. The molecule has 0 fully saturated rings. The van der Waals surface area contributed by atoms with E-state index in [0.717, 1.165) is 5.56 Å². The summed E-state index contributed by atoms with van der Waals surface area (Å²) in [5.74, 6) is 0.203. The van der Waals surface area contributed by atoms with Crippen molar-refractivity contribution in [3.63, 3.8) is 0 Å². The summed E-state index contributed by atoms with van der Waals surface area (Å²) in [7, 11) is 1.78. The van der Waals surface area contributed by atoms with Crippen LogP contribution in [0, 0.1) is 0 Å². The maximum absolute atomic E-state index is 12.7. The minimum atomic E-state index is -2.86. The lowest BCUT2D eigenvalue weighted by atomic mass is 9.85. The molecule has 2 aromatic rings. The van der Waals surface area contributed by atoms with E-state index in [0.29, 0.717) is 11.3 Å². The van der Waals surface area contributed by atoms with Crippen molar-refractivity contribution in [1.82, 2.24) is 9.78 Å². The number of alkyl halides is 2. The summed E-state index contributed by atoms with van der Waals surface area (Å²) >= 11 is 0. The van der Waals surface area contributed by atoms with Gasteiger partial charge in [0.1, 0.15) is 5.75 Å². The summed E-state index contributed by atoms with van der Waals surface area (Å²) in [6.45, 7) is 3.02. The molecule has 0 amide bonds. The largest absolute Gasteiger partial charge is 0.434 e. The van der Waals surface area contributed by atoms with E-state index >= 15 is 0 Å². The van der Waals surface area contributed by atoms with Gasteiger partial charge in [-0.05, 0) is 17.5 Å². The van der Waals surface area contributed by atoms with E-state index in [-0.39, 0.29) is 11.2 Å². The second-order valence-electron chi connectivity index (χ2n) is 5.69. The standard InChI is InChI=1S/C15H18F2N2O/c1-15(2,3)11-7-5-6-10(13(11)20-14(16)17)12-8-9-19(4)18-12/h5-9,14H,1-4H3. The fourth-order valence-corrected chi connectivity index (χ4v) is 2.10. The Bertz CT molecular complexity index is 600. The van der Waals surface area contributed by atoms with Crippen molar-refractivity contribution in [2.75, 3.05) is 0 Å². The van der Waals surface area contributed by atoms with E-state index in [1.165, 1.54) is 0 Å². The van der Waals surface area contributed by atoms with Crippen molar-refractivity contribution in [2.24, 2.45) is 7.05 Å². The number of aryl methyl sites for hydroxylation is 1. The van der Waals surface area contributed by atoms with Gasteiger partial charge in [-0.25, -0.2) is 0 Å². The average molecular weight is 280 g/mol. The predicted octanol–water partition coefficient (Wildman–Crippen LogP) is 3.99. The van der Waals surface area contributed by atoms with Crippen molar-refractivity contribution in [2.45, 2.75) is 32.8 Å². The first kappa shape index (κ1) is 14.5. The van der Waals surface area contributed by atoms with Crippen LogP contribution in [-0.4, -0.2) is 16.4 Å². The Morgan fingerprint density at radius 1 is 1.20 bits per heavy atom. The number of benzene rings is 1. The number of halogens is 2. The molecule has 3 nitrogen and oxygen atoms in total. The molecule has 0 N–H and O–H groups in total. The van der Waals surface area contributed by atoms with Gasteiger partial charge in [0.05, 0.1) is 5.69 Å². The highest BCUT2D eigenvalue weighted by molar-refractivity contribution is 5.69. The number of rotatable bonds is 3. The lowest BCUT2D eigenvalue weighted by Gasteiger charge is -2.24. The van der Waals surface area contributed by atoms with Gasteiger partial charge in [0, 0.05) is 24.4 Å². The van der Waals surface area contributed by atoms with Gasteiger partial charge in [0.2, 0.25) is 0 Å². The Kier molecular flexibility index (Phi) is 3.79. The van der Waals surface area contributed by atoms with Gasteiger partial charge in [-0.1, -0.05) is 32.9 Å². The number of hydrogen-bond donors (Lipinski definition) is 0. The van der Waals surface area contributed by atoms with Crippen molar-refractivity contribution >= 4 is 0 Å². The molecule has 0 saturated heterocycles. The number of nitrogens with zero attached hydrogens (tertiary/aromatic N) is 2. The van der Waals surface area contributed by atoms with Gasteiger partial charge >= 0.3 is 6.61 Å². The van der Waals surface area contributed by atoms with Gasteiger partial charge in [-0.2, -0.15) is 13.9 Å². The van der Waals surface area contributed by atoms with Crippen molar-refractivity contribution in [1.29, 1.82) is 0 Å². The second kappa shape index (κ2) is 5.23. The number of hydrogen-bond acceptors (Lipinski definition) is 2. The van der Waals surface area contributed by atoms with Crippen molar-refractivity contribution < 1.29 is 13.5 Å². The third-order valence-corrected chi connectivity index (χ3v) is 3.02. The molecule has 0 radical (unpaired) electrons. The Morgan fingerprint density at radius 2 is 1.90 bits per heavy atom.